The van der Waals surface area contributed by atoms with Crippen molar-refractivity contribution in [3.8, 4) is 0 Å². The van der Waals surface area contributed by atoms with Gasteiger partial charge in [0, 0.05) is 12.6 Å². The van der Waals surface area contributed by atoms with Gasteiger partial charge in [-0.25, -0.2) is 13.2 Å². The average molecular weight is 686 g/mol. The number of Topliss-reactive ketones (excluding diaryl/α,β-unsaturated/α-hetero) is 1. The zero-order valence-electron chi connectivity index (χ0n) is 28.4. The summed E-state index contributed by atoms with van der Waals surface area (Å²) in [5.74, 6) is -3.30. The highest BCUT2D eigenvalue weighted by Crippen LogP contribution is 2.65. The van der Waals surface area contributed by atoms with Crippen molar-refractivity contribution < 1.29 is 32.4 Å². The molecular weight excluding hydrogens is 634 g/mol. The number of nitrogens with two attached hydrogens (primary N) is 1. The van der Waals surface area contributed by atoms with Crippen LogP contribution in [-0.4, -0.2) is 79.3 Å². The number of hydrogen-bond donors (Lipinski definition) is 4. The predicted molar refractivity (Wildman–Crippen MR) is 179 cm³/mol. The number of nitrogens with zero attached hydrogens (tertiary/aromatic N) is 1. The van der Waals surface area contributed by atoms with Gasteiger partial charge in [0.05, 0.1) is 16.7 Å². The summed E-state index contributed by atoms with van der Waals surface area (Å²) in [6, 6.07) is 3.90. The minimum absolute atomic E-state index is 0.0697. The Kier molecular flexibility index (Phi) is 10.6. The van der Waals surface area contributed by atoms with Crippen LogP contribution in [0.1, 0.15) is 79.1 Å². The van der Waals surface area contributed by atoms with Gasteiger partial charge in [-0.05, 0) is 66.4 Å². The molecule has 1 saturated heterocycles. The zero-order chi connectivity index (χ0) is 35.0. The molecule has 5 N–H and O–H groups in total. The van der Waals surface area contributed by atoms with Crippen LogP contribution in [0.25, 0.3) is 0 Å². The van der Waals surface area contributed by atoms with Crippen LogP contribution in [0.2, 0.25) is 0 Å². The van der Waals surface area contributed by atoms with E-state index in [1.807, 2.05) is 13.8 Å². The highest BCUT2D eigenvalue weighted by molar-refractivity contribution is 7.91. The quantitative estimate of drug-likeness (QED) is 0.217. The normalized spacial score (nSPS) is 25.4. The van der Waals surface area contributed by atoms with E-state index in [9.17, 15) is 32.4 Å². The molecule has 4 aliphatic rings. The number of fused-ring (bicyclic) bond motifs is 1. The van der Waals surface area contributed by atoms with Crippen molar-refractivity contribution >= 4 is 39.4 Å². The Hall–Kier alpha value is -3.48. The number of hydrogen-bond acceptors (Lipinski definition) is 7. The van der Waals surface area contributed by atoms with Crippen molar-refractivity contribution in [2.75, 3.05) is 12.3 Å². The number of piperidine rings is 1. The Balaban J connectivity index is 1.34. The maximum absolute atomic E-state index is 14.5. The van der Waals surface area contributed by atoms with Gasteiger partial charge in [0.25, 0.3) is 5.91 Å². The first-order valence-electron chi connectivity index (χ1n) is 17.4. The van der Waals surface area contributed by atoms with Gasteiger partial charge in [-0.3, -0.25) is 19.2 Å². The van der Waals surface area contributed by atoms with E-state index in [0.29, 0.717) is 13.0 Å². The lowest BCUT2D eigenvalue weighted by molar-refractivity contribution is -0.144. The molecule has 12 nitrogen and oxygen atoms in total. The molecule has 48 heavy (non-hydrogen) atoms. The van der Waals surface area contributed by atoms with Crippen LogP contribution in [0.5, 0.6) is 0 Å². The van der Waals surface area contributed by atoms with E-state index < -0.39 is 57.6 Å². The van der Waals surface area contributed by atoms with Crippen LogP contribution in [0.4, 0.5) is 4.79 Å². The summed E-state index contributed by atoms with van der Waals surface area (Å²) in [7, 11) is -3.70. The lowest BCUT2D eigenvalue weighted by Gasteiger charge is -2.37. The number of sulfone groups is 1. The van der Waals surface area contributed by atoms with E-state index in [1.165, 1.54) is 12.1 Å². The SMILES string of the molecule is CC(C)[C@@H](CS(=O)(=O)c1ccccc1)NC(=O)N[C@H](C(=O)N1CC2[C@H](C1C(=O)NC(CC1CC1)C(=O)C(N)=O)C2(C)C)C1CCCCC1. The van der Waals surface area contributed by atoms with Gasteiger partial charge in [0.2, 0.25) is 17.6 Å². The second-order valence-electron chi connectivity index (χ2n) is 15.3. The number of carbonyl (C=O) groups excluding carboxylic acids is 5. The highest BCUT2D eigenvalue weighted by atomic mass is 32.2. The number of nitrogens with one attached hydrogen (secondary N) is 3. The predicted octanol–water partition coefficient (Wildman–Crippen LogP) is 2.56. The first-order valence-corrected chi connectivity index (χ1v) is 19.1. The third kappa shape index (κ3) is 7.87. The number of rotatable bonds is 14. The largest absolute Gasteiger partial charge is 0.363 e. The molecular formula is C35H51N5O7S. The van der Waals surface area contributed by atoms with Crippen molar-refractivity contribution in [1.82, 2.24) is 20.9 Å². The second kappa shape index (κ2) is 14.2. The van der Waals surface area contributed by atoms with Crippen molar-refractivity contribution in [1.29, 1.82) is 0 Å². The van der Waals surface area contributed by atoms with E-state index in [4.69, 9.17) is 5.73 Å². The third-order valence-electron chi connectivity index (χ3n) is 11.2. The zero-order valence-corrected chi connectivity index (χ0v) is 29.3. The Bertz CT molecular complexity index is 1500. The van der Waals surface area contributed by atoms with Gasteiger partial charge in [-0.15, -0.1) is 0 Å². The van der Waals surface area contributed by atoms with Gasteiger partial charge in [-0.1, -0.05) is 78.0 Å². The minimum atomic E-state index is -3.70. The average Bonchev–Trinajstić information content (AvgIpc) is 3.90. The van der Waals surface area contributed by atoms with Crippen LogP contribution in [0.15, 0.2) is 35.2 Å². The van der Waals surface area contributed by atoms with Crippen molar-refractivity contribution in [3.05, 3.63) is 30.3 Å². The van der Waals surface area contributed by atoms with Crippen LogP contribution in [0, 0.1) is 35.0 Å². The van der Waals surface area contributed by atoms with Gasteiger partial charge in [0.1, 0.15) is 12.1 Å². The van der Waals surface area contributed by atoms with Gasteiger partial charge < -0.3 is 26.6 Å². The number of carbonyl (C=O) groups is 5. The lowest BCUT2D eigenvalue weighted by Crippen LogP contribution is -2.61. The minimum Gasteiger partial charge on any atom is -0.363 e. The molecule has 3 unspecified atom stereocenters. The van der Waals surface area contributed by atoms with Crippen LogP contribution < -0.4 is 21.7 Å². The molecule has 3 saturated carbocycles. The Morgan fingerprint density at radius 1 is 0.938 bits per heavy atom. The molecule has 5 amide bonds. The molecule has 0 spiro atoms. The monoisotopic (exact) mass is 685 g/mol. The Morgan fingerprint density at radius 3 is 2.17 bits per heavy atom. The molecule has 4 fully saturated rings. The molecule has 1 aliphatic heterocycles. The number of likely N-dealkylation sites (tertiary alicyclic amines) is 1. The number of amides is 5. The summed E-state index contributed by atoms with van der Waals surface area (Å²) in [5.41, 5.74) is 5.12. The van der Waals surface area contributed by atoms with E-state index in [1.54, 1.807) is 23.1 Å². The van der Waals surface area contributed by atoms with Gasteiger partial charge in [-0.2, -0.15) is 0 Å². The summed E-state index contributed by atoms with van der Waals surface area (Å²) in [5, 5.41) is 8.53. The topological polar surface area (TPSA) is 185 Å². The maximum atomic E-state index is 14.5. The molecule has 264 valence electrons. The fourth-order valence-electron chi connectivity index (χ4n) is 7.90. The Labute approximate surface area is 283 Å². The first-order chi connectivity index (χ1) is 22.6. The number of ketones is 1. The van der Waals surface area contributed by atoms with E-state index in [-0.39, 0.29) is 51.6 Å². The van der Waals surface area contributed by atoms with E-state index in [0.717, 1.165) is 44.9 Å². The lowest BCUT2D eigenvalue weighted by atomic mass is 9.83. The summed E-state index contributed by atoms with van der Waals surface area (Å²) in [6.45, 7) is 8.11. The van der Waals surface area contributed by atoms with Crippen LogP contribution >= 0.6 is 0 Å². The molecule has 0 bridgehead atoms. The van der Waals surface area contributed by atoms with Crippen molar-refractivity contribution in [2.45, 2.75) is 108 Å². The Morgan fingerprint density at radius 2 is 1.58 bits per heavy atom. The molecule has 3 aliphatic carbocycles. The van der Waals surface area contributed by atoms with E-state index >= 15 is 0 Å². The molecule has 5 rings (SSSR count). The van der Waals surface area contributed by atoms with E-state index in [2.05, 4.69) is 29.8 Å². The molecule has 0 aromatic heterocycles. The summed E-state index contributed by atoms with van der Waals surface area (Å²) >= 11 is 0. The molecule has 13 heteroatoms. The third-order valence-corrected chi connectivity index (χ3v) is 13.0. The standard InChI is InChI=1S/C35H51N5O7S/c1-20(2)26(19-48(46,47)23-13-9-6-10-14-23)38-34(45)39-28(22-11-7-5-8-12-22)33(44)40-18-24-27(35(24,3)4)29(40)32(43)37-25(17-21-15-16-21)30(41)31(36)42/h6,9-10,13-14,20-22,24-29H,5,7-8,11-12,15-19H2,1-4H3,(H2,36,42)(H,37,43)(H2,38,39,45)/t24?,25?,26-,27-,28+,29?/m1/s1. The smallest absolute Gasteiger partial charge is 0.315 e. The number of primary amides is 1. The number of benzene rings is 1. The van der Waals surface area contributed by atoms with Gasteiger partial charge in [0.15, 0.2) is 9.84 Å². The van der Waals surface area contributed by atoms with Crippen LogP contribution in [0.3, 0.4) is 0 Å². The summed E-state index contributed by atoms with van der Waals surface area (Å²) < 4.78 is 26.3. The fraction of sp³-hybridized carbons (Fsp3) is 0.686. The molecule has 1 aromatic carbocycles. The number of urea groups is 1. The summed E-state index contributed by atoms with van der Waals surface area (Å²) in [4.78, 5) is 68.2. The molecule has 1 heterocycles. The fourth-order valence-corrected chi connectivity index (χ4v) is 9.61. The molecule has 0 radical (unpaired) electrons. The maximum Gasteiger partial charge on any atom is 0.315 e. The first kappa shape index (κ1) is 35.8. The van der Waals surface area contributed by atoms with Crippen molar-refractivity contribution in [2.24, 2.45) is 40.7 Å². The highest BCUT2D eigenvalue weighted by Gasteiger charge is 2.69. The summed E-state index contributed by atoms with van der Waals surface area (Å²) in [6.07, 6.45) is 6.45. The molecule has 1 aromatic rings. The van der Waals surface area contributed by atoms with Crippen molar-refractivity contribution in [3.63, 3.8) is 0 Å². The molecule has 6 atom stereocenters. The second-order valence-corrected chi connectivity index (χ2v) is 17.3. The van der Waals surface area contributed by atoms with Crippen LogP contribution in [-0.2, 0) is 29.0 Å². The van der Waals surface area contributed by atoms with Gasteiger partial charge >= 0.3 is 6.03 Å².